The number of nitrogens with zero attached hydrogens (tertiary/aromatic N) is 1. The predicted molar refractivity (Wildman–Crippen MR) is 80.9 cm³/mol. The van der Waals surface area contributed by atoms with Crippen molar-refractivity contribution >= 4 is 11.6 Å². The highest BCUT2D eigenvalue weighted by Gasteiger charge is 2.19. The van der Waals surface area contributed by atoms with Crippen LogP contribution in [-0.4, -0.2) is 10.5 Å². The average molecular weight is 298 g/mol. The molecule has 1 amide bonds. The third-order valence-corrected chi connectivity index (χ3v) is 3.35. The number of rotatable bonds is 5. The summed E-state index contributed by atoms with van der Waals surface area (Å²) in [5.41, 5.74) is 0.440. The van der Waals surface area contributed by atoms with E-state index in [1.807, 2.05) is 35.2 Å². The lowest BCUT2D eigenvalue weighted by Crippen LogP contribution is -2.19. The van der Waals surface area contributed by atoms with Crippen molar-refractivity contribution in [1.29, 1.82) is 0 Å². The Balaban J connectivity index is 1.75. The number of halogens is 1. The summed E-state index contributed by atoms with van der Waals surface area (Å²) in [5, 5.41) is 2.70. The maximum atomic E-state index is 13.2. The van der Waals surface area contributed by atoms with Crippen LogP contribution in [0.2, 0.25) is 0 Å². The molecular formula is C17H15FN2O2. The molecule has 5 heteroatoms. The molecule has 0 aliphatic rings. The minimum atomic E-state index is -0.384. The summed E-state index contributed by atoms with van der Waals surface area (Å²) in [6.45, 7) is 0. The number of aromatic nitrogens is 1. The van der Waals surface area contributed by atoms with Gasteiger partial charge in [0.2, 0.25) is 5.91 Å². The molecule has 0 saturated heterocycles. The second-order valence-electron chi connectivity index (χ2n) is 4.92. The van der Waals surface area contributed by atoms with Crippen LogP contribution in [0.1, 0.15) is 18.2 Å². The Labute approximate surface area is 127 Å². The van der Waals surface area contributed by atoms with E-state index in [9.17, 15) is 9.18 Å². The lowest BCUT2D eigenvalue weighted by molar-refractivity contribution is -0.116. The molecule has 1 atom stereocenters. The largest absolute Gasteiger partial charge is 0.467 e. The highest BCUT2D eigenvalue weighted by atomic mass is 19.1. The lowest BCUT2D eigenvalue weighted by Gasteiger charge is -2.16. The normalized spacial score (nSPS) is 12.0. The first-order valence-corrected chi connectivity index (χ1v) is 6.93. The summed E-state index contributed by atoms with van der Waals surface area (Å²) >= 11 is 0. The fourth-order valence-electron chi connectivity index (χ4n) is 2.34. The van der Waals surface area contributed by atoms with E-state index in [4.69, 9.17) is 4.42 Å². The van der Waals surface area contributed by atoms with Crippen LogP contribution in [0.5, 0.6) is 0 Å². The van der Waals surface area contributed by atoms with Gasteiger partial charge in [-0.15, -0.1) is 0 Å². The number of carbonyl (C=O) groups excluding carboxylic acids is 1. The number of hydrogen-bond donors (Lipinski definition) is 1. The molecule has 2 heterocycles. The van der Waals surface area contributed by atoms with Gasteiger partial charge in [-0.1, -0.05) is 6.07 Å². The van der Waals surface area contributed by atoms with Crippen molar-refractivity contribution in [3.63, 3.8) is 0 Å². The Kier molecular flexibility index (Phi) is 4.05. The topological polar surface area (TPSA) is 47.2 Å². The molecule has 22 heavy (non-hydrogen) atoms. The smallest absolute Gasteiger partial charge is 0.226 e. The van der Waals surface area contributed by atoms with Crippen molar-refractivity contribution in [1.82, 2.24) is 4.57 Å². The third-order valence-electron chi connectivity index (χ3n) is 3.35. The quantitative estimate of drug-likeness (QED) is 0.778. The fourth-order valence-corrected chi connectivity index (χ4v) is 2.34. The van der Waals surface area contributed by atoms with E-state index in [-0.39, 0.29) is 24.2 Å². The zero-order valence-electron chi connectivity index (χ0n) is 11.8. The van der Waals surface area contributed by atoms with Gasteiger partial charge in [-0.25, -0.2) is 4.39 Å². The van der Waals surface area contributed by atoms with Gasteiger partial charge in [-0.3, -0.25) is 4.79 Å². The van der Waals surface area contributed by atoms with Gasteiger partial charge in [0.05, 0.1) is 18.7 Å². The van der Waals surface area contributed by atoms with E-state index < -0.39 is 0 Å². The number of nitrogens with one attached hydrogen (secondary N) is 1. The number of carbonyl (C=O) groups is 1. The van der Waals surface area contributed by atoms with E-state index >= 15 is 0 Å². The van der Waals surface area contributed by atoms with Crippen molar-refractivity contribution in [2.45, 2.75) is 12.5 Å². The van der Waals surface area contributed by atoms with Crippen LogP contribution in [0.3, 0.4) is 0 Å². The minimum absolute atomic E-state index is 0.193. The van der Waals surface area contributed by atoms with Gasteiger partial charge in [0.25, 0.3) is 0 Å². The number of benzene rings is 1. The fraction of sp³-hybridized carbons (Fsp3) is 0.118. The Bertz CT molecular complexity index is 702. The van der Waals surface area contributed by atoms with Crippen LogP contribution < -0.4 is 5.32 Å². The van der Waals surface area contributed by atoms with E-state index in [1.54, 1.807) is 24.5 Å². The zero-order chi connectivity index (χ0) is 15.4. The average Bonchev–Trinajstić information content (AvgIpc) is 3.18. The first-order chi connectivity index (χ1) is 10.7. The van der Waals surface area contributed by atoms with Gasteiger partial charge in [-0.05, 0) is 42.5 Å². The van der Waals surface area contributed by atoms with Crippen LogP contribution in [0.15, 0.2) is 71.6 Å². The van der Waals surface area contributed by atoms with Crippen molar-refractivity contribution in [2.75, 3.05) is 5.32 Å². The maximum Gasteiger partial charge on any atom is 0.226 e. The first-order valence-electron chi connectivity index (χ1n) is 6.93. The zero-order valence-corrected chi connectivity index (χ0v) is 11.8. The summed E-state index contributed by atoms with van der Waals surface area (Å²) in [4.78, 5) is 12.2. The van der Waals surface area contributed by atoms with Gasteiger partial charge in [0, 0.05) is 18.1 Å². The second-order valence-corrected chi connectivity index (χ2v) is 4.92. The number of furan rings is 1. The Hall–Kier alpha value is -2.82. The predicted octanol–water partition coefficient (Wildman–Crippen LogP) is 3.84. The van der Waals surface area contributed by atoms with Crippen molar-refractivity contribution in [2.24, 2.45) is 0 Å². The Morgan fingerprint density at radius 2 is 2.00 bits per heavy atom. The molecule has 4 nitrogen and oxygen atoms in total. The monoisotopic (exact) mass is 298 g/mol. The van der Waals surface area contributed by atoms with Gasteiger partial charge >= 0.3 is 0 Å². The van der Waals surface area contributed by atoms with E-state index in [0.29, 0.717) is 11.4 Å². The van der Waals surface area contributed by atoms with Gasteiger partial charge in [-0.2, -0.15) is 0 Å². The Morgan fingerprint density at radius 1 is 1.18 bits per heavy atom. The molecule has 1 N–H and O–H groups in total. The van der Waals surface area contributed by atoms with Crippen molar-refractivity contribution < 1.29 is 13.6 Å². The molecule has 0 fully saturated rings. The van der Waals surface area contributed by atoms with Crippen LogP contribution in [-0.2, 0) is 4.79 Å². The number of hydrogen-bond acceptors (Lipinski definition) is 2. The van der Waals surface area contributed by atoms with Gasteiger partial charge in [0.1, 0.15) is 11.6 Å². The molecule has 0 radical (unpaired) electrons. The van der Waals surface area contributed by atoms with Gasteiger partial charge < -0.3 is 14.3 Å². The molecular weight excluding hydrogens is 283 g/mol. The highest BCUT2D eigenvalue weighted by molar-refractivity contribution is 5.91. The molecule has 0 spiro atoms. The molecule has 112 valence electrons. The molecule has 1 aromatic carbocycles. The minimum Gasteiger partial charge on any atom is -0.467 e. The van der Waals surface area contributed by atoms with Crippen molar-refractivity contribution in [3.8, 4) is 0 Å². The van der Waals surface area contributed by atoms with Crippen LogP contribution in [0.4, 0.5) is 10.1 Å². The SMILES string of the molecule is O=C(C[C@@H](c1ccco1)n1cccc1)Nc1cccc(F)c1. The molecule has 0 unspecified atom stereocenters. The summed E-state index contributed by atoms with van der Waals surface area (Å²) in [7, 11) is 0. The van der Waals surface area contributed by atoms with E-state index in [2.05, 4.69) is 5.32 Å². The van der Waals surface area contributed by atoms with E-state index in [1.165, 1.54) is 12.1 Å². The summed E-state index contributed by atoms with van der Waals surface area (Å²) in [6.07, 6.45) is 5.53. The van der Waals surface area contributed by atoms with Crippen LogP contribution in [0, 0.1) is 5.82 Å². The standard InChI is InChI=1S/C17H15FN2O2/c18-13-5-3-6-14(11-13)19-17(21)12-15(16-7-4-10-22-16)20-8-1-2-9-20/h1-11,15H,12H2,(H,19,21)/t15-/m0/s1. The number of amides is 1. The molecule has 0 saturated carbocycles. The lowest BCUT2D eigenvalue weighted by atomic mass is 10.1. The van der Waals surface area contributed by atoms with E-state index in [0.717, 1.165) is 0 Å². The maximum absolute atomic E-state index is 13.2. The molecule has 2 aromatic heterocycles. The summed E-state index contributed by atoms with van der Waals surface area (Å²) in [6, 6.07) is 13.0. The van der Waals surface area contributed by atoms with Crippen molar-refractivity contribution in [3.05, 3.63) is 78.8 Å². The highest BCUT2D eigenvalue weighted by Crippen LogP contribution is 2.23. The van der Waals surface area contributed by atoms with Gasteiger partial charge in [0.15, 0.2) is 0 Å². The Morgan fingerprint density at radius 3 is 2.68 bits per heavy atom. The summed E-state index contributed by atoms with van der Waals surface area (Å²) < 4.78 is 20.5. The molecule has 3 aromatic rings. The molecule has 0 aliphatic carbocycles. The third kappa shape index (κ3) is 3.25. The number of anilines is 1. The van der Waals surface area contributed by atoms with Crippen LogP contribution >= 0.6 is 0 Å². The first kappa shape index (κ1) is 14.1. The molecule has 3 rings (SSSR count). The summed E-state index contributed by atoms with van der Waals surface area (Å²) in [5.74, 6) is 0.108. The molecule has 0 aliphatic heterocycles. The van der Waals surface area contributed by atoms with Crippen LogP contribution in [0.25, 0.3) is 0 Å². The second kappa shape index (κ2) is 6.30. The molecule has 0 bridgehead atoms.